The minimum atomic E-state index is -0.105. The first-order valence-electron chi connectivity index (χ1n) is 8.81. The molecule has 7 heteroatoms. The normalized spacial score (nSPS) is 10.4. The van der Waals surface area contributed by atoms with E-state index in [9.17, 15) is 4.79 Å². The van der Waals surface area contributed by atoms with Crippen LogP contribution < -0.4 is 20.3 Å². The molecule has 0 amide bonds. The zero-order valence-corrected chi connectivity index (χ0v) is 16.1. The first-order chi connectivity index (χ1) is 13.6. The summed E-state index contributed by atoms with van der Waals surface area (Å²) in [5.41, 5.74) is 3.03. The fraction of sp³-hybridized carbons (Fsp3) is 0.238. The van der Waals surface area contributed by atoms with Crippen molar-refractivity contribution in [3.63, 3.8) is 0 Å². The fourth-order valence-electron chi connectivity index (χ4n) is 3.01. The first-order valence-corrected chi connectivity index (χ1v) is 8.81. The number of nitrogens with zero attached hydrogens (tertiary/aromatic N) is 3. The second-order valence-electron chi connectivity index (χ2n) is 6.22. The molecule has 0 saturated heterocycles. The molecule has 28 heavy (non-hydrogen) atoms. The minimum Gasteiger partial charge on any atom is -0.493 e. The number of rotatable bonds is 7. The molecule has 1 N–H and O–H groups in total. The number of ether oxygens (including phenoxy) is 2. The number of nitriles is 1. The number of hydrogen-bond acceptors (Lipinski definition) is 5. The highest BCUT2D eigenvalue weighted by atomic mass is 16.5. The van der Waals surface area contributed by atoms with Gasteiger partial charge in [0, 0.05) is 13.6 Å². The summed E-state index contributed by atoms with van der Waals surface area (Å²) in [4.78, 5) is 12.9. The Morgan fingerprint density at radius 1 is 1.14 bits per heavy atom. The fourth-order valence-corrected chi connectivity index (χ4v) is 3.01. The van der Waals surface area contributed by atoms with Crippen LogP contribution in [0, 0.1) is 18.3 Å². The van der Waals surface area contributed by atoms with Crippen molar-refractivity contribution < 1.29 is 9.47 Å². The molecule has 0 bridgehead atoms. The van der Waals surface area contributed by atoms with Crippen molar-refractivity contribution in [2.75, 3.05) is 19.0 Å². The van der Waals surface area contributed by atoms with Gasteiger partial charge in [-0.2, -0.15) is 5.26 Å². The number of nitrogens with one attached hydrogen (secondary N) is 1. The second-order valence-corrected chi connectivity index (χ2v) is 6.22. The molecule has 0 fully saturated rings. The highest BCUT2D eigenvalue weighted by Crippen LogP contribution is 2.28. The van der Waals surface area contributed by atoms with Gasteiger partial charge < -0.3 is 14.8 Å². The number of hydrogen-bond donors (Lipinski definition) is 1. The Bertz CT molecular complexity index is 1060. The van der Waals surface area contributed by atoms with Gasteiger partial charge in [0.05, 0.1) is 18.5 Å². The van der Waals surface area contributed by atoms with Crippen LogP contribution in [0.2, 0.25) is 0 Å². The van der Waals surface area contributed by atoms with Crippen molar-refractivity contribution in [2.45, 2.75) is 13.5 Å². The van der Waals surface area contributed by atoms with Crippen molar-refractivity contribution >= 4 is 5.69 Å². The van der Waals surface area contributed by atoms with Crippen molar-refractivity contribution in [2.24, 2.45) is 7.05 Å². The van der Waals surface area contributed by atoms with Crippen LogP contribution in [0.4, 0.5) is 5.69 Å². The zero-order chi connectivity index (χ0) is 20.1. The van der Waals surface area contributed by atoms with E-state index in [2.05, 4.69) is 5.32 Å². The molecular formula is C21H22N4O3. The average Bonchev–Trinajstić information content (AvgIpc) is 2.94. The molecule has 3 aromatic rings. The molecule has 0 atom stereocenters. The summed E-state index contributed by atoms with van der Waals surface area (Å²) in [6, 6.07) is 16.9. The second kappa shape index (κ2) is 8.35. The molecule has 7 nitrogen and oxygen atoms in total. The maximum absolute atomic E-state index is 12.9. The summed E-state index contributed by atoms with van der Waals surface area (Å²) < 4.78 is 14.1. The third-order valence-electron chi connectivity index (χ3n) is 4.54. The van der Waals surface area contributed by atoms with E-state index in [4.69, 9.17) is 14.7 Å². The van der Waals surface area contributed by atoms with E-state index in [-0.39, 0.29) is 12.2 Å². The van der Waals surface area contributed by atoms with Gasteiger partial charge in [-0.1, -0.05) is 24.3 Å². The SMILES string of the molecule is COc1cc(CNc2c(C)n(C)n(-c3ccccc3)c2=O)ccc1OCC#N. The lowest BCUT2D eigenvalue weighted by Gasteiger charge is -2.11. The van der Waals surface area contributed by atoms with E-state index in [0.717, 1.165) is 16.9 Å². The summed E-state index contributed by atoms with van der Waals surface area (Å²) >= 11 is 0. The molecular weight excluding hydrogens is 356 g/mol. The van der Waals surface area contributed by atoms with Gasteiger partial charge in [-0.05, 0) is 36.8 Å². The van der Waals surface area contributed by atoms with Crippen LogP contribution in [0.3, 0.4) is 0 Å². The largest absolute Gasteiger partial charge is 0.493 e. The van der Waals surface area contributed by atoms with Crippen LogP contribution in [0.1, 0.15) is 11.3 Å². The van der Waals surface area contributed by atoms with Crippen LogP contribution in [0.25, 0.3) is 5.69 Å². The summed E-state index contributed by atoms with van der Waals surface area (Å²) in [7, 11) is 3.41. The van der Waals surface area contributed by atoms with E-state index in [1.807, 2.05) is 67.2 Å². The van der Waals surface area contributed by atoms with Gasteiger partial charge in [0.15, 0.2) is 18.1 Å². The highest BCUT2D eigenvalue weighted by molar-refractivity contribution is 5.50. The molecule has 0 radical (unpaired) electrons. The molecule has 1 heterocycles. The summed E-state index contributed by atoms with van der Waals surface area (Å²) in [6.45, 7) is 2.31. The van der Waals surface area contributed by atoms with Crippen LogP contribution >= 0.6 is 0 Å². The number of methoxy groups -OCH3 is 1. The van der Waals surface area contributed by atoms with E-state index in [1.54, 1.807) is 17.9 Å². The number of anilines is 1. The molecule has 0 aliphatic rings. The van der Waals surface area contributed by atoms with Gasteiger partial charge in [-0.15, -0.1) is 0 Å². The Balaban J connectivity index is 1.84. The van der Waals surface area contributed by atoms with Crippen molar-refractivity contribution in [1.82, 2.24) is 9.36 Å². The zero-order valence-electron chi connectivity index (χ0n) is 16.1. The number of aromatic nitrogens is 2. The first kappa shape index (κ1) is 19.1. The quantitative estimate of drug-likeness (QED) is 0.683. The molecule has 0 spiro atoms. The topological polar surface area (TPSA) is 81.2 Å². The molecule has 144 valence electrons. The predicted octanol–water partition coefficient (Wildman–Crippen LogP) is 3.01. The van der Waals surface area contributed by atoms with Crippen LogP contribution in [-0.2, 0) is 13.6 Å². The molecule has 0 unspecified atom stereocenters. The van der Waals surface area contributed by atoms with E-state index >= 15 is 0 Å². The molecule has 3 rings (SSSR count). The van der Waals surface area contributed by atoms with E-state index in [0.29, 0.717) is 23.7 Å². The highest BCUT2D eigenvalue weighted by Gasteiger charge is 2.16. The molecule has 2 aromatic carbocycles. The van der Waals surface area contributed by atoms with Gasteiger partial charge in [-0.3, -0.25) is 9.48 Å². The summed E-state index contributed by atoms with van der Waals surface area (Å²) in [5, 5.41) is 11.9. The third-order valence-corrected chi connectivity index (χ3v) is 4.54. The molecule has 0 aliphatic carbocycles. The maximum atomic E-state index is 12.9. The molecule has 0 saturated carbocycles. The number of para-hydroxylation sites is 1. The van der Waals surface area contributed by atoms with Crippen molar-refractivity contribution in [1.29, 1.82) is 5.26 Å². The van der Waals surface area contributed by atoms with E-state index < -0.39 is 0 Å². The van der Waals surface area contributed by atoms with E-state index in [1.165, 1.54) is 0 Å². The lowest BCUT2D eigenvalue weighted by Crippen LogP contribution is -2.21. The Labute approximate surface area is 163 Å². The van der Waals surface area contributed by atoms with Crippen LogP contribution in [-0.4, -0.2) is 23.1 Å². The van der Waals surface area contributed by atoms with Crippen molar-refractivity contribution in [3.05, 3.63) is 70.1 Å². The van der Waals surface area contributed by atoms with Crippen LogP contribution in [0.5, 0.6) is 11.5 Å². The Morgan fingerprint density at radius 2 is 1.89 bits per heavy atom. The van der Waals surface area contributed by atoms with Gasteiger partial charge in [0.2, 0.25) is 0 Å². The monoisotopic (exact) mass is 378 g/mol. The summed E-state index contributed by atoms with van der Waals surface area (Å²) in [5.74, 6) is 1.05. The summed E-state index contributed by atoms with van der Waals surface area (Å²) in [6.07, 6.45) is 0. The standard InChI is InChI=1S/C21H22N4O3/c1-15-20(21(26)25(24(15)2)17-7-5-4-6-8-17)23-14-16-9-10-18(28-12-11-22)19(13-16)27-3/h4-10,13,23H,12,14H2,1-3H3. The van der Waals surface area contributed by atoms with Gasteiger partial charge in [0.1, 0.15) is 11.8 Å². The third kappa shape index (κ3) is 3.71. The van der Waals surface area contributed by atoms with Gasteiger partial charge >= 0.3 is 0 Å². The Hall–Kier alpha value is -3.66. The predicted molar refractivity (Wildman–Crippen MR) is 107 cm³/mol. The Morgan fingerprint density at radius 3 is 2.57 bits per heavy atom. The lowest BCUT2D eigenvalue weighted by atomic mass is 10.2. The smallest absolute Gasteiger partial charge is 0.295 e. The van der Waals surface area contributed by atoms with Gasteiger partial charge in [0.25, 0.3) is 5.56 Å². The minimum absolute atomic E-state index is 0.0454. The Kier molecular flexibility index (Phi) is 5.70. The van der Waals surface area contributed by atoms with Gasteiger partial charge in [-0.25, -0.2) is 4.68 Å². The van der Waals surface area contributed by atoms with Crippen molar-refractivity contribution in [3.8, 4) is 23.3 Å². The average molecular weight is 378 g/mol. The number of benzene rings is 2. The molecule has 1 aromatic heterocycles. The molecule has 0 aliphatic heterocycles. The maximum Gasteiger partial charge on any atom is 0.295 e. The van der Waals surface area contributed by atoms with Crippen LogP contribution in [0.15, 0.2) is 53.3 Å². The lowest BCUT2D eigenvalue weighted by molar-refractivity contribution is 0.329.